The molecular formula is C88H149BN2. The molecule has 0 aromatic carbocycles. The highest BCUT2D eigenvalue weighted by Crippen LogP contribution is 2.71. The number of nitrogens with zero attached hydrogens (tertiary/aromatic N) is 2. The molecule has 16 rings (SSSR count). The van der Waals surface area contributed by atoms with Gasteiger partial charge in [0, 0.05) is 36.3 Å². The van der Waals surface area contributed by atoms with Crippen LogP contribution in [-0.2, 0) is 0 Å². The lowest BCUT2D eigenvalue weighted by molar-refractivity contribution is -0.156. The van der Waals surface area contributed by atoms with Crippen LogP contribution in [0.25, 0.3) is 0 Å². The van der Waals surface area contributed by atoms with E-state index in [9.17, 15) is 0 Å². The highest BCUT2D eigenvalue weighted by molar-refractivity contribution is 6.65. The molecule has 0 bridgehead atoms. The minimum Gasteiger partial charge on any atom is -0.295 e. The molecule has 23 atom stereocenters. The third-order valence-corrected chi connectivity index (χ3v) is 35.9. The summed E-state index contributed by atoms with van der Waals surface area (Å²) in [6.45, 7) is 25.6. The number of hydrogen-bond acceptors (Lipinski definition) is 2. The smallest absolute Gasteiger partial charge is 0.156 e. The van der Waals surface area contributed by atoms with Gasteiger partial charge in [-0.05, 0) is 261 Å². The molecule has 23 unspecified atom stereocenters. The zero-order chi connectivity index (χ0) is 62.1. The van der Waals surface area contributed by atoms with Gasteiger partial charge in [-0.3, -0.25) is 9.80 Å². The molecule has 2 aliphatic heterocycles. The predicted molar refractivity (Wildman–Crippen MR) is 387 cm³/mol. The van der Waals surface area contributed by atoms with Crippen LogP contribution in [0, 0.1) is 141 Å². The Labute approximate surface area is 565 Å². The average Bonchev–Trinajstić information content (AvgIpc) is 0.697. The van der Waals surface area contributed by atoms with Crippen molar-refractivity contribution in [2.75, 3.05) is 0 Å². The van der Waals surface area contributed by atoms with Crippen LogP contribution < -0.4 is 0 Å². The molecule has 2 saturated heterocycles. The van der Waals surface area contributed by atoms with E-state index in [0.29, 0.717) is 16.2 Å². The van der Waals surface area contributed by atoms with Crippen LogP contribution in [-0.4, -0.2) is 52.8 Å². The van der Waals surface area contributed by atoms with E-state index < -0.39 is 0 Å². The standard InChI is InChI=1S/C88H149BN2/c1-86(2,3)66-47-63-41-42-64-48-67(87(4,5)6)53-74-73(50-65(49-66)81(63)82(64)74)62-44-46-77-76(51-62)89-75-45-43-61(56-27-15-10-16-28-56)52-78(75)91(85-71(59-33-21-13-22-34-59)39-26-40-72(85)60-35-23-14-24-36-60)80-55-68(88(7,8)9)54-79(83(80)89)90(77)84-69(57-29-17-11-18-30-57)37-25-38-70(84)58-31-19-12-20-32-58/h56-85H,10-55H2,1-9H3. The van der Waals surface area contributed by atoms with E-state index in [1.165, 1.54) is 32.1 Å². The Balaban J connectivity index is 0.865. The van der Waals surface area contributed by atoms with Gasteiger partial charge in [-0.15, -0.1) is 0 Å². The summed E-state index contributed by atoms with van der Waals surface area (Å²) < 4.78 is 0. The molecule has 16 fully saturated rings. The van der Waals surface area contributed by atoms with E-state index in [-0.39, 0.29) is 0 Å². The average molecular weight is 1250 g/mol. The summed E-state index contributed by atoms with van der Waals surface area (Å²) in [6.07, 6.45) is 72.6. The quantitative estimate of drug-likeness (QED) is 0.224. The van der Waals surface area contributed by atoms with Gasteiger partial charge in [-0.2, -0.15) is 0 Å². The number of fused-ring (bicyclic) bond motifs is 4. The lowest BCUT2D eigenvalue weighted by Crippen LogP contribution is -2.77. The Hall–Kier alpha value is -0.0151. The Morgan fingerprint density at radius 3 is 1.10 bits per heavy atom. The Morgan fingerprint density at radius 2 is 0.626 bits per heavy atom. The van der Waals surface area contributed by atoms with Crippen LogP contribution in [0.15, 0.2) is 0 Å². The lowest BCUT2D eigenvalue weighted by Gasteiger charge is -2.72. The highest BCUT2D eigenvalue weighted by Gasteiger charge is 2.69. The summed E-state index contributed by atoms with van der Waals surface area (Å²) in [5, 5.41) is 0. The SMILES string of the molecule is CC(C)(C)C1CC2CCC3CC(C(C)(C)C)CC4C(C5CCC6C(C5)B5C7CCC(C8CCCCC8)CC7N(C7C(C8CCCCC8)CCCC7C7CCCCC7)C7CC(C(C)(C)C)CC(C57)N6C5C(C6CCCCC6)CCCC5C5CCCCC5)CC(C1)C2C34. The molecule has 0 amide bonds. The molecule has 14 aliphatic carbocycles. The molecular weight excluding hydrogens is 1100 g/mol. The zero-order valence-electron chi connectivity index (χ0n) is 61.8. The molecule has 0 N–H and O–H groups in total. The fourth-order valence-electron chi connectivity index (χ4n) is 31.9. The normalized spacial score (nSPS) is 48.2. The van der Waals surface area contributed by atoms with Gasteiger partial charge in [-0.1, -0.05) is 255 Å². The van der Waals surface area contributed by atoms with Crippen molar-refractivity contribution in [1.82, 2.24) is 9.80 Å². The second-order valence-electron chi connectivity index (χ2n) is 42.5. The van der Waals surface area contributed by atoms with Gasteiger partial charge in [0.2, 0.25) is 0 Å². The summed E-state index contributed by atoms with van der Waals surface area (Å²) in [7, 11) is 0. The fraction of sp³-hybridized carbons (Fsp3) is 1.00. The maximum Gasteiger partial charge on any atom is 0.156 e. The van der Waals surface area contributed by atoms with E-state index in [4.69, 9.17) is 0 Å². The molecule has 14 saturated carbocycles. The Morgan fingerprint density at radius 1 is 0.231 bits per heavy atom. The van der Waals surface area contributed by atoms with E-state index >= 15 is 0 Å². The van der Waals surface area contributed by atoms with Gasteiger partial charge < -0.3 is 0 Å². The third-order valence-electron chi connectivity index (χ3n) is 35.9. The Bertz CT molecular complexity index is 2310. The molecule has 2 nitrogen and oxygen atoms in total. The number of rotatable bonds is 8. The van der Waals surface area contributed by atoms with E-state index in [2.05, 4.69) is 72.1 Å². The van der Waals surface area contributed by atoms with Crippen molar-refractivity contribution in [3.63, 3.8) is 0 Å². The molecule has 0 radical (unpaired) electrons. The van der Waals surface area contributed by atoms with E-state index in [1.807, 2.05) is 0 Å². The van der Waals surface area contributed by atoms with Crippen molar-refractivity contribution < 1.29 is 0 Å². The molecule has 2 heterocycles. The van der Waals surface area contributed by atoms with Gasteiger partial charge in [0.25, 0.3) is 0 Å². The molecule has 0 spiro atoms. The van der Waals surface area contributed by atoms with Crippen molar-refractivity contribution in [2.45, 2.75) is 411 Å². The summed E-state index contributed by atoms with van der Waals surface area (Å²) in [5.41, 5.74) is 1.26. The second kappa shape index (κ2) is 26.8. The zero-order valence-corrected chi connectivity index (χ0v) is 61.8. The van der Waals surface area contributed by atoms with E-state index in [1.54, 1.807) is 263 Å². The van der Waals surface area contributed by atoms with Gasteiger partial charge in [-0.25, -0.2) is 0 Å². The minimum absolute atomic E-state index is 0.363. The van der Waals surface area contributed by atoms with Crippen LogP contribution in [0.1, 0.15) is 358 Å². The lowest BCUT2D eigenvalue weighted by atomic mass is 9.17. The van der Waals surface area contributed by atoms with Crippen molar-refractivity contribution in [1.29, 1.82) is 0 Å². The van der Waals surface area contributed by atoms with E-state index in [0.717, 1.165) is 185 Å². The van der Waals surface area contributed by atoms with Crippen LogP contribution in [0.4, 0.5) is 0 Å². The highest BCUT2D eigenvalue weighted by atomic mass is 15.3. The summed E-state index contributed by atoms with van der Waals surface area (Å²) >= 11 is 0. The van der Waals surface area contributed by atoms with Crippen molar-refractivity contribution in [2.24, 2.45) is 141 Å². The first-order chi connectivity index (χ1) is 44.0. The second-order valence-corrected chi connectivity index (χ2v) is 42.5. The molecule has 514 valence electrons. The summed E-state index contributed by atoms with van der Waals surface area (Å²) in [5.74, 6) is 23.7. The van der Waals surface area contributed by atoms with Gasteiger partial charge >= 0.3 is 0 Å². The monoisotopic (exact) mass is 1250 g/mol. The molecule has 16 aliphatic rings. The first-order valence-electron chi connectivity index (χ1n) is 43.6. The van der Waals surface area contributed by atoms with Gasteiger partial charge in [0.15, 0.2) is 6.71 Å². The van der Waals surface area contributed by atoms with Crippen molar-refractivity contribution >= 4 is 6.71 Å². The first kappa shape index (κ1) is 65.6. The van der Waals surface area contributed by atoms with Crippen molar-refractivity contribution in [3.8, 4) is 0 Å². The first-order valence-corrected chi connectivity index (χ1v) is 43.6. The molecule has 0 aromatic heterocycles. The minimum atomic E-state index is 0.363. The van der Waals surface area contributed by atoms with Gasteiger partial charge in [0.05, 0.1) is 0 Å². The largest absolute Gasteiger partial charge is 0.295 e. The summed E-state index contributed by atoms with van der Waals surface area (Å²) in [4.78, 5) is 7.81. The van der Waals surface area contributed by atoms with Crippen LogP contribution in [0.2, 0.25) is 17.5 Å². The van der Waals surface area contributed by atoms with Crippen LogP contribution >= 0.6 is 0 Å². The predicted octanol–water partition coefficient (Wildman–Crippen LogP) is 24.6. The number of hydrogen-bond donors (Lipinski definition) is 0. The van der Waals surface area contributed by atoms with Gasteiger partial charge in [0.1, 0.15) is 0 Å². The molecule has 0 aromatic rings. The fourth-order valence-corrected chi connectivity index (χ4v) is 31.9. The van der Waals surface area contributed by atoms with Crippen LogP contribution in [0.3, 0.4) is 0 Å². The third kappa shape index (κ3) is 12.4. The maximum atomic E-state index is 3.91. The Kier molecular flexibility index (Phi) is 19.3. The molecule has 3 heteroatoms. The topological polar surface area (TPSA) is 6.48 Å². The van der Waals surface area contributed by atoms with Crippen LogP contribution in [0.5, 0.6) is 0 Å². The maximum absolute atomic E-state index is 3.91. The molecule has 91 heavy (non-hydrogen) atoms. The summed E-state index contributed by atoms with van der Waals surface area (Å²) in [6, 6.07) is 5.14. The van der Waals surface area contributed by atoms with Crippen molar-refractivity contribution in [3.05, 3.63) is 0 Å².